The molecule has 2 bridgehead atoms. The van der Waals surface area contributed by atoms with E-state index in [1.54, 1.807) is 0 Å². The highest BCUT2D eigenvalue weighted by atomic mass is 16.1. The Balaban J connectivity index is 1.75. The molecule has 0 spiro atoms. The first kappa shape index (κ1) is 12.9. The summed E-state index contributed by atoms with van der Waals surface area (Å²) in [5.74, 6) is 1.12. The molecule has 1 aromatic carbocycles. The molecule has 2 nitrogen and oxygen atoms in total. The van der Waals surface area contributed by atoms with Crippen molar-refractivity contribution in [2.45, 2.75) is 45.2 Å². The summed E-state index contributed by atoms with van der Waals surface area (Å²) in [6.07, 6.45) is 4.52. The Kier molecular flexibility index (Phi) is 3.22. The van der Waals surface area contributed by atoms with Gasteiger partial charge in [-0.3, -0.25) is 9.69 Å². The Morgan fingerprint density at radius 2 is 2.05 bits per heavy atom. The molecule has 0 heterocycles. The van der Waals surface area contributed by atoms with Crippen LogP contribution in [0, 0.1) is 11.3 Å². The molecule has 0 saturated heterocycles. The number of carbonyl (C=O) groups is 1. The Morgan fingerprint density at radius 1 is 1.32 bits per heavy atom. The normalized spacial score (nSPS) is 33.3. The molecule has 0 amide bonds. The van der Waals surface area contributed by atoms with Gasteiger partial charge in [-0.15, -0.1) is 0 Å². The minimum absolute atomic E-state index is 0.0281. The number of benzene rings is 1. The lowest BCUT2D eigenvalue weighted by Gasteiger charge is -2.33. The van der Waals surface area contributed by atoms with Crippen LogP contribution in [0.2, 0.25) is 0 Å². The van der Waals surface area contributed by atoms with Gasteiger partial charge in [-0.25, -0.2) is 0 Å². The van der Waals surface area contributed by atoms with Gasteiger partial charge in [0.15, 0.2) is 5.78 Å². The van der Waals surface area contributed by atoms with E-state index < -0.39 is 0 Å². The topological polar surface area (TPSA) is 20.3 Å². The predicted molar refractivity (Wildman–Crippen MR) is 76.8 cm³/mol. The molecule has 0 radical (unpaired) electrons. The van der Waals surface area contributed by atoms with Crippen molar-refractivity contribution in [3.05, 3.63) is 35.9 Å². The van der Waals surface area contributed by atoms with E-state index in [4.69, 9.17) is 0 Å². The lowest BCUT2D eigenvalue weighted by atomic mass is 9.79. The fourth-order valence-electron chi connectivity index (χ4n) is 4.21. The standard InChI is InChI=1S/C17H23NO/c1-3-17-10-9-14(11-17)15(16(17)19)18(2)12-13-7-5-4-6-8-13/h4-8,14-15H,3,9-12H2,1-2H3. The van der Waals surface area contributed by atoms with Gasteiger partial charge >= 0.3 is 0 Å². The Morgan fingerprint density at radius 3 is 2.68 bits per heavy atom. The number of hydrogen-bond donors (Lipinski definition) is 0. The molecule has 1 aromatic rings. The molecule has 102 valence electrons. The fraction of sp³-hybridized carbons (Fsp3) is 0.588. The van der Waals surface area contributed by atoms with E-state index in [-0.39, 0.29) is 11.5 Å². The smallest absolute Gasteiger partial charge is 0.156 e. The second kappa shape index (κ2) is 4.75. The van der Waals surface area contributed by atoms with Gasteiger partial charge in [-0.1, -0.05) is 37.3 Å². The van der Waals surface area contributed by atoms with Crippen LogP contribution in [0.25, 0.3) is 0 Å². The summed E-state index contributed by atoms with van der Waals surface area (Å²) in [5, 5.41) is 0. The van der Waals surface area contributed by atoms with Crippen molar-refractivity contribution in [2.24, 2.45) is 11.3 Å². The third-order valence-electron chi connectivity index (χ3n) is 5.31. The van der Waals surface area contributed by atoms with Crippen LogP contribution in [0.5, 0.6) is 0 Å². The van der Waals surface area contributed by atoms with E-state index in [0.717, 1.165) is 25.8 Å². The zero-order valence-corrected chi connectivity index (χ0v) is 11.9. The fourth-order valence-corrected chi connectivity index (χ4v) is 4.21. The molecule has 2 heteroatoms. The van der Waals surface area contributed by atoms with Crippen molar-refractivity contribution in [3.8, 4) is 0 Å². The van der Waals surface area contributed by atoms with Crippen LogP contribution in [0.1, 0.15) is 38.2 Å². The monoisotopic (exact) mass is 257 g/mol. The maximum atomic E-state index is 12.7. The Labute approximate surface area is 115 Å². The van der Waals surface area contributed by atoms with Gasteiger partial charge in [-0.2, -0.15) is 0 Å². The first-order valence-corrected chi connectivity index (χ1v) is 7.45. The number of likely N-dealkylation sites (N-methyl/N-ethyl adjacent to an activating group) is 1. The Hall–Kier alpha value is -1.15. The van der Waals surface area contributed by atoms with E-state index in [0.29, 0.717) is 11.7 Å². The summed E-state index contributed by atoms with van der Waals surface area (Å²) in [6.45, 7) is 3.06. The summed E-state index contributed by atoms with van der Waals surface area (Å²) >= 11 is 0. The Bertz CT molecular complexity index is 469. The second-order valence-corrected chi connectivity index (χ2v) is 6.35. The van der Waals surface area contributed by atoms with Crippen LogP contribution in [-0.2, 0) is 11.3 Å². The molecule has 3 unspecified atom stereocenters. The molecule has 19 heavy (non-hydrogen) atoms. The van der Waals surface area contributed by atoms with Crippen molar-refractivity contribution < 1.29 is 4.79 Å². The van der Waals surface area contributed by atoms with E-state index in [9.17, 15) is 4.79 Å². The molecule has 0 aromatic heterocycles. The van der Waals surface area contributed by atoms with Gasteiger partial charge in [0.2, 0.25) is 0 Å². The van der Waals surface area contributed by atoms with E-state index in [1.807, 2.05) is 6.07 Å². The molecule has 0 N–H and O–H groups in total. The average Bonchev–Trinajstić information content (AvgIpc) is 2.96. The number of fused-ring (bicyclic) bond motifs is 2. The number of ketones is 1. The molecular formula is C17H23NO. The van der Waals surface area contributed by atoms with E-state index >= 15 is 0 Å². The quantitative estimate of drug-likeness (QED) is 0.825. The summed E-state index contributed by atoms with van der Waals surface area (Å²) < 4.78 is 0. The van der Waals surface area contributed by atoms with E-state index in [1.165, 1.54) is 12.0 Å². The van der Waals surface area contributed by atoms with Crippen molar-refractivity contribution >= 4 is 5.78 Å². The maximum absolute atomic E-state index is 12.7. The summed E-state index contributed by atoms with van der Waals surface area (Å²) in [6, 6.07) is 10.6. The van der Waals surface area contributed by atoms with Crippen molar-refractivity contribution in [2.75, 3.05) is 7.05 Å². The minimum atomic E-state index is 0.0281. The van der Waals surface area contributed by atoms with Crippen molar-refractivity contribution in [1.29, 1.82) is 0 Å². The lowest BCUT2D eigenvalue weighted by Crippen LogP contribution is -2.44. The number of carbonyl (C=O) groups excluding carboxylic acids is 1. The molecule has 2 saturated carbocycles. The van der Waals surface area contributed by atoms with Crippen LogP contribution in [0.3, 0.4) is 0 Å². The molecular weight excluding hydrogens is 234 g/mol. The summed E-state index contributed by atoms with van der Waals surface area (Å²) in [5.41, 5.74) is 1.33. The average molecular weight is 257 g/mol. The van der Waals surface area contributed by atoms with Crippen LogP contribution in [0.4, 0.5) is 0 Å². The predicted octanol–water partition coefficient (Wildman–Crippen LogP) is 3.27. The molecule has 3 atom stereocenters. The van der Waals surface area contributed by atoms with Crippen LogP contribution < -0.4 is 0 Å². The van der Waals surface area contributed by atoms with Crippen LogP contribution >= 0.6 is 0 Å². The highest BCUT2D eigenvalue weighted by molar-refractivity contribution is 5.93. The molecule has 0 aliphatic heterocycles. The third-order valence-corrected chi connectivity index (χ3v) is 5.31. The highest BCUT2D eigenvalue weighted by Crippen LogP contribution is 2.54. The number of nitrogens with zero attached hydrogens (tertiary/aromatic N) is 1. The molecule has 3 rings (SSSR count). The largest absolute Gasteiger partial charge is 0.297 e. The van der Waals surface area contributed by atoms with Gasteiger partial charge in [0, 0.05) is 12.0 Å². The zero-order valence-electron chi connectivity index (χ0n) is 11.9. The zero-order chi connectivity index (χ0) is 13.5. The number of rotatable bonds is 4. The van der Waals surface area contributed by atoms with Gasteiger partial charge in [0.1, 0.15) is 0 Å². The van der Waals surface area contributed by atoms with Gasteiger partial charge in [-0.05, 0) is 44.2 Å². The molecule has 2 aliphatic rings. The number of hydrogen-bond acceptors (Lipinski definition) is 2. The second-order valence-electron chi connectivity index (χ2n) is 6.35. The van der Waals surface area contributed by atoms with Crippen LogP contribution in [-0.4, -0.2) is 23.8 Å². The summed E-state index contributed by atoms with van der Waals surface area (Å²) in [4.78, 5) is 15.0. The molecule has 2 fully saturated rings. The van der Waals surface area contributed by atoms with Gasteiger partial charge in [0.25, 0.3) is 0 Å². The maximum Gasteiger partial charge on any atom is 0.156 e. The van der Waals surface area contributed by atoms with Crippen LogP contribution in [0.15, 0.2) is 30.3 Å². The van der Waals surface area contributed by atoms with Crippen molar-refractivity contribution in [3.63, 3.8) is 0 Å². The van der Waals surface area contributed by atoms with E-state index in [2.05, 4.69) is 43.1 Å². The third kappa shape index (κ3) is 2.02. The lowest BCUT2D eigenvalue weighted by molar-refractivity contribution is -0.132. The first-order chi connectivity index (χ1) is 9.16. The first-order valence-electron chi connectivity index (χ1n) is 7.45. The van der Waals surface area contributed by atoms with Crippen molar-refractivity contribution in [1.82, 2.24) is 4.90 Å². The minimum Gasteiger partial charge on any atom is -0.297 e. The van der Waals surface area contributed by atoms with Gasteiger partial charge in [0.05, 0.1) is 6.04 Å². The van der Waals surface area contributed by atoms with Gasteiger partial charge < -0.3 is 0 Å². The highest BCUT2D eigenvalue weighted by Gasteiger charge is 2.57. The summed E-state index contributed by atoms with van der Waals surface area (Å²) in [7, 11) is 2.11. The number of Topliss-reactive ketones (excluding diaryl/α,β-unsaturated/α-hetero) is 1. The SMILES string of the molecule is CCC12CCC(C1)C(N(C)Cc1ccccc1)C2=O. The molecule has 2 aliphatic carbocycles.